The van der Waals surface area contributed by atoms with Crippen LogP contribution in [-0.2, 0) is 22.4 Å². The van der Waals surface area contributed by atoms with Crippen LogP contribution in [0.2, 0.25) is 0 Å². The number of hydrazine groups is 1. The van der Waals surface area contributed by atoms with E-state index in [0.717, 1.165) is 33.9 Å². The zero-order valence-electron chi connectivity index (χ0n) is 15.7. The van der Waals surface area contributed by atoms with Crippen LogP contribution in [0.4, 0.5) is 0 Å². The summed E-state index contributed by atoms with van der Waals surface area (Å²) in [6.45, 7) is 5.84. The SMILES string of the molecule is Cc1cc2nc(C)c(CCC(=O)NNC(=O)Cc3ccccc3)c(C)n2n1. The maximum Gasteiger partial charge on any atom is 0.242 e. The molecule has 0 fully saturated rings. The largest absolute Gasteiger partial charge is 0.273 e. The second kappa shape index (κ2) is 7.99. The number of hydrogen-bond donors (Lipinski definition) is 2. The predicted octanol–water partition coefficient (Wildman–Crippen LogP) is 1.98. The molecular weight excluding hydrogens is 342 g/mol. The van der Waals surface area contributed by atoms with Crippen LogP contribution < -0.4 is 10.9 Å². The smallest absolute Gasteiger partial charge is 0.242 e. The standard InChI is InChI=1S/C20H23N5O2/c1-13-11-18-21-14(2)17(15(3)25(18)24-13)9-10-19(26)22-23-20(27)12-16-7-5-4-6-8-16/h4-8,11H,9-10,12H2,1-3H3,(H,22,26)(H,23,27). The van der Waals surface area contributed by atoms with Crippen LogP contribution in [0.1, 0.15) is 34.6 Å². The third-order valence-corrected chi connectivity index (χ3v) is 4.44. The van der Waals surface area contributed by atoms with Crippen molar-refractivity contribution in [3.8, 4) is 0 Å². The molecule has 2 aromatic heterocycles. The lowest BCUT2D eigenvalue weighted by Gasteiger charge is -2.11. The molecule has 0 radical (unpaired) electrons. The van der Waals surface area contributed by atoms with Crippen LogP contribution in [0.25, 0.3) is 5.65 Å². The van der Waals surface area contributed by atoms with E-state index in [4.69, 9.17) is 0 Å². The Kier molecular flexibility index (Phi) is 5.49. The van der Waals surface area contributed by atoms with Crippen molar-refractivity contribution < 1.29 is 9.59 Å². The number of carbonyl (C=O) groups is 2. The highest BCUT2D eigenvalue weighted by atomic mass is 16.2. The van der Waals surface area contributed by atoms with Gasteiger partial charge in [-0.05, 0) is 38.3 Å². The third-order valence-electron chi connectivity index (χ3n) is 4.44. The topological polar surface area (TPSA) is 88.4 Å². The predicted molar refractivity (Wildman–Crippen MR) is 102 cm³/mol. The highest BCUT2D eigenvalue weighted by molar-refractivity contribution is 5.83. The Bertz CT molecular complexity index is 979. The second-order valence-corrected chi connectivity index (χ2v) is 6.58. The Morgan fingerprint density at radius 3 is 2.48 bits per heavy atom. The van der Waals surface area contributed by atoms with E-state index >= 15 is 0 Å². The minimum Gasteiger partial charge on any atom is -0.273 e. The average Bonchev–Trinajstić information content (AvgIpc) is 3.01. The van der Waals surface area contributed by atoms with Gasteiger partial charge in [-0.2, -0.15) is 5.10 Å². The van der Waals surface area contributed by atoms with Gasteiger partial charge in [0.2, 0.25) is 11.8 Å². The van der Waals surface area contributed by atoms with Crippen molar-refractivity contribution in [3.05, 3.63) is 64.6 Å². The van der Waals surface area contributed by atoms with Gasteiger partial charge in [0.05, 0.1) is 12.1 Å². The van der Waals surface area contributed by atoms with Crippen molar-refractivity contribution in [2.75, 3.05) is 0 Å². The van der Waals surface area contributed by atoms with E-state index in [1.54, 1.807) is 4.52 Å². The monoisotopic (exact) mass is 365 g/mol. The summed E-state index contributed by atoms with van der Waals surface area (Å²) in [5, 5.41) is 4.44. The van der Waals surface area contributed by atoms with Crippen molar-refractivity contribution in [3.63, 3.8) is 0 Å². The number of aryl methyl sites for hydroxylation is 3. The van der Waals surface area contributed by atoms with Gasteiger partial charge in [-0.15, -0.1) is 0 Å². The van der Waals surface area contributed by atoms with Crippen molar-refractivity contribution in [2.45, 2.75) is 40.0 Å². The van der Waals surface area contributed by atoms with Crippen LogP contribution >= 0.6 is 0 Å². The molecule has 7 nitrogen and oxygen atoms in total. The van der Waals surface area contributed by atoms with Crippen molar-refractivity contribution in [1.82, 2.24) is 25.4 Å². The van der Waals surface area contributed by atoms with Gasteiger partial charge in [0.1, 0.15) is 0 Å². The molecule has 2 heterocycles. The summed E-state index contributed by atoms with van der Waals surface area (Å²) in [5.41, 5.74) is 10.4. The molecule has 140 valence electrons. The maximum absolute atomic E-state index is 12.1. The Hall–Kier alpha value is -3.22. The van der Waals surface area contributed by atoms with Crippen LogP contribution in [0.5, 0.6) is 0 Å². The van der Waals surface area contributed by atoms with Crippen molar-refractivity contribution >= 4 is 17.5 Å². The van der Waals surface area contributed by atoms with Crippen LogP contribution in [0.3, 0.4) is 0 Å². The van der Waals surface area contributed by atoms with Crippen LogP contribution in [-0.4, -0.2) is 26.4 Å². The minimum absolute atomic E-state index is 0.221. The summed E-state index contributed by atoms with van der Waals surface area (Å²) in [6.07, 6.45) is 0.999. The molecule has 2 N–H and O–H groups in total. The summed E-state index contributed by atoms with van der Waals surface area (Å²) in [6, 6.07) is 11.3. The van der Waals surface area contributed by atoms with E-state index in [0.29, 0.717) is 6.42 Å². The molecule has 0 aliphatic rings. The molecule has 0 aliphatic heterocycles. The summed E-state index contributed by atoms with van der Waals surface area (Å²) < 4.78 is 1.80. The van der Waals surface area contributed by atoms with E-state index < -0.39 is 0 Å². The van der Waals surface area contributed by atoms with E-state index in [1.165, 1.54) is 0 Å². The first-order valence-electron chi connectivity index (χ1n) is 8.88. The summed E-state index contributed by atoms with van der Waals surface area (Å²) >= 11 is 0. The summed E-state index contributed by atoms with van der Waals surface area (Å²) in [7, 11) is 0. The molecule has 7 heteroatoms. The molecule has 0 unspecified atom stereocenters. The first-order chi connectivity index (χ1) is 12.9. The molecule has 0 aliphatic carbocycles. The van der Waals surface area contributed by atoms with Gasteiger partial charge >= 0.3 is 0 Å². The molecule has 3 aromatic rings. The first kappa shape index (κ1) is 18.6. The number of rotatable bonds is 5. The minimum atomic E-state index is -0.253. The Morgan fingerprint density at radius 1 is 1.04 bits per heavy atom. The zero-order valence-corrected chi connectivity index (χ0v) is 15.7. The molecule has 0 bridgehead atoms. The molecule has 2 amide bonds. The highest BCUT2D eigenvalue weighted by Gasteiger charge is 2.13. The molecule has 0 saturated heterocycles. The molecule has 0 saturated carbocycles. The van der Waals surface area contributed by atoms with Gasteiger partial charge in [0, 0.05) is 23.9 Å². The van der Waals surface area contributed by atoms with E-state index in [-0.39, 0.29) is 24.7 Å². The van der Waals surface area contributed by atoms with Crippen molar-refractivity contribution in [1.29, 1.82) is 0 Å². The number of hydrogen-bond acceptors (Lipinski definition) is 4. The van der Waals surface area contributed by atoms with Crippen LogP contribution in [0.15, 0.2) is 36.4 Å². The number of nitrogens with zero attached hydrogens (tertiary/aromatic N) is 3. The van der Waals surface area contributed by atoms with E-state index in [2.05, 4.69) is 20.9 Å². The molecule has 1 aromatic carbocycles. The van der Waals surface area contributed by atoms with E-state index in [9.17, 15) is 9.59 Å². The van der Waals surface area contributed by atoms with Gasteiger partial charge in [-0.1, -0.05) is 30.3 Å². The number of benzene rings is 1. The summed E-state index contributed by atoms with van der Waals surface area (Å²) in [5.74, 6) is -0.496. The summed E-state index contributed by atoms with van der Waals surface area (Å²) in [4.78, 5) is 28.6. The number of carbonyl (C=O) groups excluding carboxylic acids is 2. The number of nitrogens with one attached hydrogen (secondary N) is 2. The van der Waals surface area contributed by atoms with Gasteiger partial charge in [0.15, 0.2) is 5.65 Å². The van der Waals surface area contributed by atoms with Crippen molar-refractivity contribution in [2.24, 2.45) is 0 Å². The van der Waals surface area contributed by atoms with Crippen LogP contribution in [0, 0.1) is 20.8 Å². The Balaban J connectivity index is 1.55. The fourth-order valence-electron chi connectivity index (χ4n) is 3.07. The lowest BCUT2D eigenvalue weighted by atomic mass is 10.1. The number of fused-ring (bicyclic) bond motifs is 1. The number of amides is 2. The molecule has 3 rings (SSSR count). The molecular formula is C20H23N5O2. The molecule has 0 atom stereocenters. The fraction of sp³-hybridized carbons (Fsp3) is 0.300. The maximum atomic E-state index is 12.1. The first-order valence-corrected chi connectivity index (χ1v) is 8.88. The Labute approximate surface area is 157 Å². The normalized spacial score (nSPS) is 10.8. The lowest BCUT2D eigenvalue weighted by Crippen LogP contribution is -2.42. The van der Waals surface area contributed by atoms with Gasteiger partial charge < -0.3 is 0 Å². The highest BCUT2D eigenvalue weighted by Crippen LogP contribution is 2.16. The molecule has 27 heavy (non-hydrogen) atoms. The number of aromatic nitrogens is 3. The second-order valence-electron chi connectivity index (χ2n) is 6.58. The molecule has 0 spiro atoms. The van der Waals surface area contributed by atoms with E-state index in [1.807, 2.05) is 57.2 Å². The quantitative estimate of drug-likeness (QED) is 0.677. The Morgan fingerprint density at radius 2 is 1.74 bits per heavy atom. The zero-order chi connectivity index (χ0) is 19.4. The van der Waals surface area contributed by atoms with Gasteiger partial charge in [0.25, 0.3) is 0 Å². The van der Waals surface area contributed by atoms with Gasteiger partial charge in [-0.25, -0.2) is 9.50 Å². The fourth-order valence-corrected chi connectivity index (χ4v) is 3.07. The third kappa shape index (κ3) is 4.49. The average molecular weight is 365 g/mol. The van der Waals surface area contributed by atoms with Gasteiger partial charge in [-0.3, -0.25) is 20.4 Å². The lowest BCUT2D eigenvalue weighted by molar-refractivity contribution is -0.128.